The summed E-state index contributed by atoms with van der Waals surface area (Å²) in [5.74, 6) is 0.944. The number of carbonyl (C=O) groups excluding carboxylic acids is 1. The van der Waals surface area contributed by atoms with Gasteiger partial charge in [0.15, 0.2) is 0 Å². The molecule has 3 nitrogen and oxygen atoms in total. The number of likely N-dealkylation sites (tertiary alicyclic amines) is 1. The Bertz CT molecular complexity index is 325. The van der Waals surface area contributed by atoms with Gasteiger partial charge in [-0.2, -0.15) is 0 Å². The zero-order valence-corrected chi connectivity index (χ0v) is 12.3. The van der Waals surface area contributed by atoms with Gasteiger partial charge in [-0.3, -0.25) is 9.69 Å². The van der Waals surface area contributed by atoms with Gasteiger partial charge in [0, 0.05) is 13.1 Å². The standard InChI is InChI=1S/C16H28N2O/c1-14-6-5-11-18(12-14)13-16(19)17-10-9-15-7-3-2-4-8-15/h7,14H,2-6,8-13H2,1H3,(H,17,19)/t14-/m0/s1. The minimum Gasteiger partial charge on any atom is -0.355 e. The maximum absolute atomic E-state index is 11.9. The number of nitrogens with one attached hydrogen (secondary N) is 1. The van der Waals surface area contributed by atoms with E-state index in [1.807, 2.05) is 0 Å². The van der Waals surface area contributed by atoms with E-state index in [1.54, 1.807) is 0 Å². The molecule has 0 aromatic carbocycles. The SMILES string of the molecule is C[C@H]1CCCN(CC(=O)NCCC2=CCCCC2)C1. The van der Waals surface area contributed by atoms with Gasteiger partial charge in [0.2, 0.25) is 5.91 Å². The van der Waals surface area contributed by atoms with Crippen LogP contribution in [0.25, 0.3) is 0 Å². The number of amides is 1. The zero-order valence-electron chi connectivity index (χ0n) is 12.3. The van der Waals surface area contributed by atoms with E-state index in [2.05, 4.69) is 23.2 Å². The van der Waals surface area contributed by atoms with Crippen molar-refractivity contribution in [2.45, 2.75) is 51.9 Å². The van der Waals surface area contributed by atoms with Crippen molar-refractivity contribution < 1.29 is 4.79 Å². The van der Waals surface area contributed by atoms with Gasteiger partial charge in [0.1, 0.15) is 0 Å². The number of hydrogen-bond acceptors (Lipinski definition) is 2. The lowest BCUT2D eigenvalue weighted by atomic mass is 9.97. The van der Waals surface area contributed by atoms with Crippen LogP contribution >= 0.6 is 0 Å². The predicted octanol–water partition coefficient (Wildman–Crippen LogP) is 2.73. The summed E-state index contributed by atoms with van der Waals surface area (Å²) < 4.78 is 0. The van der Waals surface area contributed by atoms with Gasteiger partial charge in [0.05, 0.1) is 6.54 Å². The summed E-state index contributed by atoms with van der Waals surface area (Å²) in [5, 5.41) is 3.07. The number of carbonyl (C=O) groups is 1. The van der Waals surface area contributed by atoms with Crippen LogP contribution in [0.1, 0.15) is 51.9 Å². The summed E-state index contributed by atoms with van der Waals surface area (Å²) in [5.41, 5.74) is 1.54. The number of allylic oxidation sites excluding steroid dienone is 1. The molecule has 0 saturated carbocycles. The topological polar surface area (TPSA) is 32.3 Å². The molecule has 0 unspecified atom stereocenters. The Morgan fingerprint density at radius 1 is 1.42 bits per heavy atom. The van der Waals surface area contributed by atoms with Crippen LogP contribution in [0.2, 0.25) is 0 Å². The van der Waals surface area contributed by atoms with E-state index in [0.29, 0.717) is 6.54 Å². The van der Waals surface area contributed by atoms with Crippen LogP contribution in [0.4, 0.5) is 0 Å². The number of nitrogens with zero attached hydrogens (tertiary/aromatic N) is 1. The van der Waals surface area contributed by atoms with Crippen LogP contribution in [0, 0.1) is 5.92 Å². The van der Waals surface area contributed by atoms with Crippen molar-refractivity contribution in [3.8, 4) is 0 Å². The van der Waals surface area contributed by atoms with Crippen molar-refractivity contribution in [2.75, 3.05) is 26.2 Å². The highest BCUT2D eigenvalue weighted by Gasteiger charge is 2.18. The second-order valence-electron chi connectivity index (χ2n) is 6.19. The van der Waals surface area contributed by atoms with Crippen LogP contribution in [0.15, 0.2) is 11.6 Å². The van der Waals surface area contributed by atoms with Gasteiger partial charge in [-0.15, -0.1) is 0 Å². The highest BCUT2D eigenvalue weighted by molar-refractivity contribution is 5.78. The van der Waals surface area contributed by atoms with E-state index >= 15 is 0 Å². The van der Waals surface area contributed by atoms with Gasteiger partial charge in [-0.05, 0) is 57.4 Å². The molecular weight excluding hydrogens is 236 g/mol. The average molecular weight is 264 g/mol. The maximum Gasteiger partial charge on any atom is 0.234 e. The van der Waals surface area contributed by atoms with Gasteiger partial charge in [-0.25, -0.2) is 0 Å². The molecule has 1 heterocycles. The first kappa shape index (κ1) is 14.6. The Balaban J connectivity index is 1.60. The van der Waals surface area contributed by atoms with Gasteiger partial charge < -0.3 is 5.32 Å². The lowest BCUT2D eigenvalue weighted by Crippen LogP contribution is -2.42. The Morgan fingerprint density at radius 2 is 2.32 bits per heavy atom. The van der Waals surface area contributed by atoms with E-state index in [4.69, 9.17) is 0 Å². The summed E-state index contributed by atoms with van der Waals surface area (Å²) in [7, 11) is 0. The van der Waals surface area contributed by atoms with E-state index in [9.17, 15) is 4.79 Å². The summed E-state index contributed by atoms with van der Waals surface area (Å²) in [6.45, 7) is 5.85. The third-order valence-corrected chi connectivity index (χ3v) is 4.26. The molecule has 1 aliphatic carbocycles. The molecule has 1 N–H and O–H groups in total. The molecule has 0 bridgehead atoms. The minimum atomic E-state index is 0.200. The molecular formula is C16H28N2O. The molecule has 3 heteroatoms. The fourth-order valence-corrected chi connectivity index (χ4v) is 3.18. The number of rotatable bonds is 5. The van der Waals surface area contributed by atoms with Crippen LogP contribution in [-0.2, 0) is 4.79 Å². The lowest BCUT2D eigenvalue weighted by Gasteiger charge is -2.30. The number of hydrogen-bond donors (Lipinski definition) is 1. The molecule has 2 rings (SSSR count). The Morgan fingerprint density at radius 3 is 3.05 bits per heavy atom. The van der Waals surface area contributed by atoms with Crippen LogP contribution < -0.4 is 5.32 Å². The van der Waals surface area contributed by atoms with E-state index in [-0.39, 0.29) is 5.91 Å². The average Bonchev–Trinajstić information content (AvgIpc) is 2.40. The van der Waals surface area contributed by atoms with Crippen LogP contribution in [0.3, 0.4) is 0 Å². The van der Waals surface area contributed by atoms with Crippen LogP contribution in [-0.4, -0.2) is 37.0 Å². The molecule has 1 saturated heterocycles. The van der Waals surface area contributed by atoms with Gasteiger partial charge in [0.25, 0.3) is 0 Å². The fraction of sp³-hybridized carbons (Fsp3) is 0.812. The Kier molecular flexibility index (Phi) is 5.90. The third-order valence-electron chi connectivity index (χ3n) is 4.26. The van der Waals surface area contributed by atoms with Gasteiger partial charge >= 0.3 is 0 Å². The molecule has 0 spiro atoms. The molecule has 0 radical (unpaired) electrons. The quantitative estimate of drug-likeness (QED) is 0.774. The highest BCUT2D eigenvalue weighted by atomic mass is 16.2. The molecule has 0 aromatic rings. The maximum atomic E-state index is 11.9. The fourth-order valence-electron chi connectivity index (χ4n) is 3.18. The summed E-state index contributed by atoms with van der Waals surface area (Å²) in [6.07, 6.45) is 11.1. The van der Waals surface area contributed by atoms with E-state index in [1.165, 1.54) is 44.1 Å². The van der Waals surface area contributed by atoms with Crippen molar-refractivity contribution in [3.63, 3.8) is 0 Å². The summed E-state index contributed by atoms with van der Waals surface area (Å²) in [6, 6.07) is 0. The molecule has 1 amide bonds. The smallest absolute Gasteiger partial charge is 0.234 e. The predicted molar refractivity (Wildman–Crippen MR) is 79.0 cm³/mol. The molecule has 1 fully saturated rings. The minimum absolute atomic E-state index is 0.200. The van der Waals surface area contributed by atoms with E-state index in [0.717, 1.165) is 32.0 Å². The normalized spacial score (nSPS) is 24.9. The molecule has 1 aliphatic heterocycles. The first-order valence-corrected chi connectivity index (χ1v) is 7.91. The summed E-state index contributed by atoms with van der Waals surface area (Å²) in [4.78, 5) is 14.2. The van der Waals surface area contributed by atoms with Crippen molar-refractivity contribution >= 4 is 5.91 Å². The monoisotopic (exact) mass is 264 g/mol. The first-order chi connectivity index (χ1) is 9.24. The molecule has 19 heavy (non-hydrogen) atoms. The molecule has 2 aliphatic rings. The van der Waals surface area contributed by atoms with Crippen molar-refractivity contribution in [1.29, 1.82) is 0 Å². The zero-order chi connectivity index (χ0) is 13.5. The van der Waals surface area contributed by atoms with Gasteiger partial charge in [-0.1, -0.05) is 18.6 Å². The number of piperidine rings is 1. The summed E-state index contributed by atoms with van der Waals surface area (Å²) >= 11 is 0. The van der Waals surface area contributed by atoms with Crippen LogP contribution in [0.5, 0.6) is 0 Å². The third kappa shape index (κ3) is 5.35. The highest BCUT2D eigenvalue weighted by Crippen LogP contribution is 2.19. The van der Waals surface area contributed by atoms with Crippen molar-refractivity contribution in [2.24, 2.45) is 5.92 Å². The Labute approximate surface area is 117 Å². The largest absolute Gasteiger partial charge is 0.355 e. The second-order valence-corrected chi connectivity index (χ2v) is 6.19. The molecule has 108 valence electrons. The molecule has 1 atom stereocenters. The van der Waals surface area contributed by atoms with E-state index < -0.39 is 0 Å². The Hall–Kier alpha value is -0.830. The lowest BCUT2D eigenvalue weighted by molar-refractivity contribution is -0.122. The van der Waals surface area contributed by atoms with Crippen molar-refractivity contribution in [1.82, 2.24) is 10.2 Å². The van der Waals surface area contributed by atoms with Crippen molar-refractivity contribution in [3.05, 3.63) is 11.6 Å². The molecule has 0 aromatic heterocycles. The second kappa shape index (κ2) is 7.68. The first-order valence-electron chi connectivity index (χ1n) is 7.91.